The lowest BCUT2D eigenvalue weighted by Gasteiger charge is -2.27. The summed E-state index contributed by atoms with van der Waals surface area (Å²) in [5.41, 5.74) is 4.36. The van der Waals surface area contributed by atoms with E-state index in [1.807, 2.05) is 42.6 Å². The average Bonchev–Trinajstić information content (AvgIpc) is 3.36. The molecule has 0 bridgehead atoms. The van der Waals surface area contributed by atoms with Crippen molar-refractivity contribution in [2.24, 2.45) is 7.05 Å². The van der Waals surface area contributed by atoms with Crippen LogP contribution in [0.15, 0.2) is 42.7 Å². The molecule has 0 radical (unpaired) electrons. The highest BCUT2D eigenvalue weighted by Gasteiger charge is 2.44. The van der Waals surface area contributed by atoms with Crippen LogP contribution in [-0.4, -0.2) is 30.3 Å². The Morgan fingerprint density at radius 2 is 1.81 bits per heavy atom. The van der Waals surface area contributed by atoms with Crippen LogP contribution in [0.5, 0.6) is 0 Å². The second-order valence-electron chi connectivity index (χ2n) is 7.64. The van der Waals surface area contributed by atoms with Crippen LogP contribution in [0.2, 0.25) is 5.02 Å². The summed E-state index contributed by atoms with van der Waals surface area (Å²) in [7, 11) is 1.81. The number of halogens is 2. The maximum Gasteiger partial charge on any atom is 0.261 e. The molecule has 1 atom stereocenters. The van der Waals surface area contributed by atoms with Gasteiger partial charge in [0.05, 0.1) is 22.5 Å². The number of anilines is 1. The fourth-order valence-corrected chi connectivity index (χ4v) is 4.57. The third-order valence-electron chi connectivity index (χ3n) is 5.70. The molecule has 3 aromatic heterocycles. The van der Waals surface area contributed by atoms with Crippen molar-refractivity contribution in [2.45, 2.75) is 19.9 Å². The molecule has 0 spiro atoms. The highest BCUT2D eigenvalue weighted by atomic mass is 35.5. The normalized spacial score (nSPS) is 15.7. The van der Waals surface area contributed by atoms with Crippen LogP contribution in [0.4, 0.5) is 5.69 Å². The molecule has 4 heterocycles. The molecule has 1 unspecified atom stereocenters. The molecular weight excluding hydrogens is 437 g/mol. The van der Waals surface area contributed by atoms with Crippen molar-refractivity contribution in [1.29, 1.82) is 0 Å². The first-order valence-corrected chi connectivity index (χ1v) is 10.3. The van der Waals surface area contributed by atoms with Crippen molar-refractivity contribution in [1.82, 2.24) is 19.2 Å². The second kappa shape index (κ2) is 6.93. The van der Waals surface area contributed by atoms with Gasteiger partial charge in [-0.05, 0) is 54.8 Å². The van der Waals surface area contributed by atoms with Crippen molar-refractivity contribution in [3.8, 4) is 0 Å². The van der Waals surface area contributed by atoms with Gasteiger partial charge in [0, 0.05) is 24.5 Å². The standard InChI is InChI=1S/C22H17Cl2N5O2/c1-11-8-15(9-28-12(2)25-26-21(11)28)29-18(13-4-6-14(23)7-5-13)19-17(22(29)31)16(20(24)30)10-27(19)3/h4-10,18H,1-3H3. The molecular formula is C22H17Cl2N5O2. The fourth-order valence-electron chi connectivity index (χ4n) is 4.30. The molecule has 4 aromatic rings. The lowest BCUT2D eigenvalue weighted by Crippen LogP contribution is -2.30. The summed E-state index contributed by atoms with van der Waals surface area (Å²) < 4.78 is 3.64. The van der Waals surface area contributed by atoms with Gasteiger partial charge in [-0.1, -0.05) is 23.7 Å². The monoisotopic (exact) mass is 453 g/mol. The summed E-state index contributed by atoms with van der Waals surface area (Å²) >= 11 is 11.9. The van der Waals surface area contributed by atoms with Gasteiger partial charge < -0.3 is 4.57 Å². The predicted molar refractivity (Wildman–Crippen MR) is 118 cm³/mol. The molecule has 156 valence electrons. The molecule has 7 nitrogen and oxygen atoms in total. The van der Waals surface area contributed by atoms with E-state index in [1.165, 1.54) is 0 Å². The van der Waals surface area contributed by atoms with E-state index in [-0.39, 0.29) is 11.5 Å². The Morgan fingerprint density at radius 1 is 1.10 bits per heavy atom. The maximum atomic E-state index is 13.7. The molecule has 9 heteroatoms. The summed E-state index contributed by atoms with van der Waals surface area (Å²) in [6.45, 7) is 3.77. The molecule has 0 fully saturated rings. The van der Waals surface area contributed by atoms with Gasteiger partial charge in [0.1, 0.15) is 11.9 Å². The van der Waals surface area contributed by atoms with E-state index in [9.17, 15) is 9.59 Å². The van der Waals surface area contributed by atoms with E-state index in [2.05, 4.69) is 10.2 Å². The summed E-state index contributed by atoms with van der Waals surface area (Å²) in [6, 6.07) is 8.78. The van der Waals surface area contributed by atoms with E-state index in [1.54, 1.807) is 34.8 Å². The first-order valence-electron chi connectivity index (χ1n) is 9.58. The van der Waals surface area contributed by atoms with Gasteiger partial charge >= 0.3 is 0 Å². The van der Waals surface area contributed by atoms with Gasteiger partial charge in [-0.15, -0.1) is 10.2 Å². The van der Waals surface area contributed by atoms with Crippen molar-refractivity contribution in [2.75, 3.05) is 4.90 Å². The Kier molecular flexibility index (Phi) is 4.42. The number of aromatic nitrogens is 4. The first-order chi connectivity index (χ1) is 14.8. The number of hydrogen-bond acceptors (Lipinski definition) is 4. The predicted octanol–water partition coefficient (Wildman–Crippen LogP) is 4.47. The van der Waals surface area contributed by atoms with Crippen molar-refractivity contribution in [3.05, 3.63) is 81.5 Å². The molecule has 1 aromatic carbocycles. The number of fused-ring (bicyclic) bond motifs is 2. The van der Waals surface area contributed by atoms with Crippen LogP contribution >= 0.6 is 23.2 Å². The number of amides is 1. The minimum absolute atomic E-state index is 0.198. The Balaban J connectivity index is 1.78. The van der Waals surface area contributed by atoms with Gasteiger partial charge in [-0.3, -0.25) is 18.9 Å². The van der Waals surface area contributed by atoms with Crippen LogP contribution in [0.3, 0.4) is 0 Å². The van der Waals surface area contributed by atoms with Gasteiger partial charge in [-0.25, -0.2) is 0 Å². The Bertz CT molecular complexity index is 1390. The quantitative estimate of drug-likeness (QED) is 0.429. The lowest BCUT2D eigenvalue weighted by atomic mass is 10.0. The van der Waals surface area contributed by atoms with Crippen molar-refractivity contribution in [3.63, 3.8) is 0 Å². The van der Waals surface area contributed by atoms with Crippen LogP contribution in [-0.2, 0) is 7.05 Å². The largest absolute Gasteiger partial charge is 0.351 e. The molecule has 1 aliphatic heterocycles. The Morgan fingerprint density at radius 3 is 2.48 bits per heavy atom. The van der Waals surface area contributed by atoms with E-state index >= 15 is 0 Å². The summed E-state index contributed by atoms with van der Waals surface area (Å²) in [5.74, 6) is 0.424. The fraction of sp³-hybridized carbons (Fsp3) is 0.182. The zero-order chi connectivity index (χ0) is 22.0. The number of hydrogen-bond donors (Lipinski definition) is 0. The Hall–Kier alpha value is -3.16. The lowest BCUT2D eigenvalue weighted by molar-refractivity contribution is 0.0984. The highest BCUT2D eigenvalue weighted by Crippen LogP contribution is 2.44. The number of carbonyl (C=O) groups excluding carboxylic acids is 2. The highest BCUT2D eigenvalue weighted by molar-refractivity contribution is 6.68. The van der Waals surface area contributed by atoms with Crippen LogP contribution in [0.25, 0.3) is 5.65 Å². The zero-order valence-corrected chi connectivity index (χ0v) is 18.4. The second-order valence-corrected chi connectivity index (χ2v) is 8.42. The van der Waals surface area contributed by atoms with Crippen LogP contribution < -0.4 is 4.90 Å². The topological polar surface area (TPSA) is 72.5 Å². The zero-order valence-electron chi connectivity index (χ0n) is 16.9. The summed E-state index contributed by atoms with van der Waals surface area (Å²) in [5, 5.41) is 8.27. The van der Waals surface area contributed by atoms with Crippen molar-refractivity contribution < 1.29 is 9.59 Å². The van der Waals surface area contributed by atoms with E-state index in [0.717, 1.165) is 16.8 Å². The molecule has 0 N–H and O–H groups in total. The molecule has 0 saturated carbocycles. The number of benzene rings is 1. The minimum atomic E-state index is -0.664. The van der Waals surface area contributed by atoms with Crippen LogP contribution in [0.1, 0.15) is 49.4 Å². The van der Waals surface area contributed by atoms with E-state index in [0.29, 0.717) is 27.8 Å². The molecule has 1 amide bonds. The van der Waals surface area contributed by atoms with Gasteiger partial charge in [0.25, 0.3) is 11.1 Å². The minimum Gasteiger partial charge on any atom is -0.351 e. The van der Waals surface area contributed by atoms with Crippen molar-refractivity contribution >= 4 is 45.7 Å². The number of aryl methyl sites for hydroxylation is 3. The van der Waals surface area contributed by atoms with Gasteiger partial charge in [0.2, 0.25) is 0 Å². The molecule has 0 saturated heterocycles. The molecule has 1 aliphatic rings. The number of pyridine rings is 1. The summed E-state index contributed by atoms with van der Waals surface area (Å²) in [6.07, 6.45) is 3.45. The van der Waals surface area contributed by atoms with Crippen LogP contribution in [0, 0.1) is 13.8 Å². The third kappa shape index (κ3) is 2.88. The first kappa shape index (κ1) is 19.8. The summed E-state index contributed by atoms with van der Waals surface area (Å²) in [4.78, 5) is 27.5. The maximum absolute atomic E-state index is 13.7. The molecule has 0 aliphatic carbocycles. The molecule has 5 rings (SSSR count). The smallest absolute Gasteiger partial charge is 0.261 e. The average molecular weight is 454 g/mol. The van der Waals surface area contributed by atoms with Gasteiger partial charge in [0.15, 0.2) is 5.65 Å². The number of carbonyl (C=O) groups is 2. The van der Waals surface area contributed by atoms with E-state index < -0.39 is 11.3 Å². The number of rotatable bonds is 3. The Labute approximate surface area is 187 Å². The number of nitrogens with zero attached hydrogens (tertiary/aromatic N) is 5. The third-order valence-corrected chi connectivity index (χ3v) is 6.15. The molecule has 31 heavy (non-hydrogen) atoms. The van der Waals surface area contributed by atoms with E-state index in [4.69, 9.17) is 23.2 Å². The van der Waals surface area contributed by atoms with Gasteiger partial charge in [-0.2, -0.15) is 0 Å². The SMILES string of the molecule is Cc1cc(N2C(=O)c3c(C(=O)Cl)cn(C)c3C2c2ccc(Cl)cc2)cn2c(C)nnc12.